The molecule has 1 N–H and O–H groups in total. The average Bonchev–Trinajstić information content (AvgIpc) is 2.39. The van der Waals surface area contributed by atoms with E-state index in [-0.39, 0.29) is 16.9 Å². The van der Waals surface area contributed by atoms with Crippen LogP contribution in [-0.2, 0) is 0 Å². The third kappa shape index (κ3) is 2.18. The van der Waals surface area contributed by atoms with E-state index in [2.05, 4.69) is 0 Å². The maximum Gasteiger partial charge on any atom is 0.199 e. The summed E-state index contributed by atoms with van der Waals surface area (Å²) >= 11 is 0. The number of aromatic hydroxyl groups is 1. The number of phenolic OH excluding ortho intramolecular Hbond substituents is 1. The number of benzene rings is 2. The molecular weight excluding hydrogens is 235 g/mol. The van der Waals surface area contributed by atoms with E-state index in [1.807, 2.05) is 0 Å². The third-order valence-electron chi connectivity index (χ3n) is 2.57. The Balaban J connectivity index is 2.49. The van der Waals surface area contributed by atoms with Crippen molar-refractivity contribution in [1.29, 1.82) is 0 Å². The molecule has 0 bridgehead atoms. The van der Waals surface area contributed by atoms with Crippen molar-refractivity contribution in [1.82, 2.24) is 0 Å². The van der Waals surface area contributed by atoms with E-state index in [1.165, 1.54) is 31.4 Å². The van der Waals surface area contributed by atoms with Gasteiger partial charge in [0.2, 0.25) is 0 Å². The molecular formula is C14H11FO3. The molecule has 0 fully saturated rings. The second kappa shape index (κ2) is 4.87. The van der Waals surface area contributed by atoms with Crippen molar-refractivity contribution < 1.29 is 19.0 Å². The van der Waals surface area contributed by atoms with Crippen LogP contribution in [0.1, 0.15) is 15.9 Å². The molecule has 18 heavy (non-hydrogen) atoms. The summed E-state index contributed by atoms with van der Waals surface area (Å²) in [5.41, 5.74) is -0.0690. The highest BCUT2D eigenvalue weighted by molar-refractivity contribution is 6.11. The van der Waals surface area contributed by atoms with Crippen LogP contribution in [0.3, 0.4) is 0 Å². The van der Waals surface area contributed by atoms with Gasteiger partial charge in [0.25, 0.3) is 0 Å². The Bertz CT molecular complexity index is 593. The van der Waals surface area contributed by atoms with Gasteiger partial charge in [0.05, 0.1) is 18.2 Å². The zero-order chi connectivity index (χ0) is 13.1. The van der Waals surface area contributed by atoms with E-state index in [4.69, 9.17) is 4.74 Å². The van der Waals surface area contributed by atoms with Crippen molar-refractivity contribution in [3.05, 3.63) is 59.4 Å². The van der Waals surface area contributed by atoms with Gasteiger partial charge in [-0.2, -0.15) is 0 Å². The lowest BCUT2D eigenvalue weighted by Crippen LogP contribution is -2.05. The molecule has 92 valence electrons. The Morgan fingerprint density at radius 1 is 1.17 bits per heavy atom. The van der Waals surface area contributed by atoms with Gasteiger partial charge in [-0.3, -0.25) is 4.79 Å². The molecule has 4 heteroatoms. The van der Waals surface area contributed by atoms with Gasteiger partial charge in [0.15, 0.2) is 5.78 Å². The normalized spacial score (nSPS) is 10.1. The number of carbonyl (C=O) groups is 1. The Kier molecular flexibility index (Phi) is 3.28. The number of hydrogen-bond acceptors (Lipinski definition) is 3. The molecule has 0 aliphatic heterocycles. The van der Waals surface area contributed by atoms with Gasteiger partial charge < -0.3 is 9.84 Å². The minimum absolute atomic E-state index is 0.0599. The first-order valence-electron chi connectivity index (χ1n) is 5.29. The molecule has 0 aliphatic carbocycles. The maximum atomic E-state index is 13.6. The SMILES string of the molecule is COc1ccc(F)c(C(=O)c2ccccc2O)c1. The van der Waals surface area contributed by atoms with Crippen LogP contribution in [0.4, 0.5) is 4.39 Å². The molecule has 0 atom stereocenters. The number of halogens is 1. The van der Waals surface area contributed by atoms with Crippen molar-refractivity contribution >= 4 is 5.78 Å². The number of rotatable bonds is 3. The van der Waals surface area contributed by atoms with Crippen molar-refractivity contribution in [2.75, 3.05) is 7.11 Å². The van der Waals surface area contributed by atoms with E-state index in [0.717, 1.165) is 6.07 Å². The highest BCUT2D eigenvalue weighted by Crippen LogP contribution is 2.24. The first-order chi connectivity index (χ1) is 8.63. The Morgan fingerprint density at radius 2 is 1.89 bits per heavy atom. The molecule has 0 radical (unpaired) electrons. The van der Waals surface area contributed by atoms with Crippen LogP contribution in [0.5, 0.6) is 11.5 Å². The zero-order valence-electron chi connectivity index (χ0n) is 9.68. The standard InChI is InChI=1S/C14H11FO3/c1-18-9-6-7-12(15)11(8-9)14(17)10-4-2-3-5-13(10)16/h2-8,16H,1H3. The number of phenols is 1. The molecule has 0 aliphatic rings. The summed E-state index contributed by atoms with van der Waals surface area (Å²) in [6, 6.07) is 9.91. The molecule has 0 amide bonds. The summed E-state index contributed by atoms with van der Waals surface area (Å²) in [6.07, 6.45) is 0. The van der Waals surface area contributed by atoms with Crippen LogP contribution < -0.4 is 4.74 Å². The van der Waals surface area contributed by atoms with E-state index < -0.39 is 11.6 Å². The lowest BCUT2D eigenvalue weighted by molar-refractivity contribution is 0.103. The largest absolute Gasteiger partial charge is 0.507 e. The fourth-order valence-electron chi connectivity index (χ4n) is 1.62. The number of ether oxygens (including phenoxy) is 1. The Labute approximate surface area is 103 Å². The summed E-state index contributed by atoms with van der Waals surface area (Å²) in [5, 5.41) is 9.59. The highest BCUT2D eigenvalue weighted by Gasteiger charge is 2.17. The number of ketones is 1. The summed E-state index contributed by atoms with van der Waals surface area (Å²) < 4.78 is 18.6. The predicted molar refractivity (Wildman–Crippen MR) is 64.5 cm³/mol. The first kappa shape index (κ1) is 12.1. The van der Waals surface area contributed by atoms with Crippen LogP contribution >= 0.6 is 0 Å². The molecule has 2 aromatic carbocycles. The van der Waals surface area contributed by atoms with E-state index in [0.29, 0.717) is 5.75 Å². The highest BCUT2D eigenvalue weighted by atomic mass is 19.1. The smallest absolute Gasteiger partial charge is 0.199 e. The topological polar surface area (TPSA) is 46.5 Å². The van der Waals surface area contributed by atoms with Crippen LogP contribution in [0.2, 0.25) is 0 Å². The monoisotopic (exact) mass is 246 g/mol. The van der Waals surface area contributed by atoms with Crippen molar-refractivity contribution in [2.24, 2.45) is 0 Å². The van der Waals surface area contributed by atoms with Gasteiger partial charge in [-0.05, 0) is 30.3 Å². The molecule has 0 heterocycles. The fraction of sp³-hybridized carbons (Fsp3) is 0.0714. The quantitative estimate of drug-likeness (QED) is 0.847. The van der Waals surface area contributed by atoms with Crippen LogP contribution in [0.15, 0.2) is 42.5 Å². The van der Waals surface area contributed by atoms with Crippen LogP contribution in [-0.4, -0.2) is 18.0 Å². The number of para-hydroxylation sites is 1. The predicted octanol–water partition coefficient (Wildman–Crippen LogP) is 2.77. The molecule has 0 saturated heterocycles. The van der Waals surface area contributed by atoms with E-state index >= 15 is 0 Å². The molecule has 3 nitrogen and oxygen atoms in total. The maximum absolute atomic E-state index is 13.6. The third-order valence-corrected chi connectivity index (χ3v) is 2.57. The molecule has 0 spiro atoms. The number of hydrogen-bond donors (Lipinski definition) is 1. The van der Waals surface area contributed by atoms with Crippen molar-refractivity contribution in [2.45, 2.75) is 0 Å². The van der Waals surface area contributed by atoms with Crippen molar-refractivity contribution in [3.63, 3.8) is 0 Å². The number of methoxy groups -OCH3 is 1. The van der Waals surface area contributed by atoms with Gasteiger partial charge >= 0.3 is 0 Å². The van der Waals surface area contributed by atoms with Gasteiger partial charge in [-0.1, -0.05) is 12.1 Å². The van der Waals surface area contributed by atoms with Crippen molar-refractivity contribution in [3.8, 4) is 11.5 Å². The molecule has 2 rings (SSSR count). The summed E-state index contributed by atoms with van der Waals surface area (Å²) in [5.74, 6) is -1.02. The van der Waals surface area contributed by atoms with Gasteiger partial charge in [0, 0.05) is 0 Å². The van der Waals surface area contributed by atoms with E-state index in [1.54, 1.807) is 12.1 Å². The summed E-state index contributed by atoms with van der Waals surface area (Å²) in [7, 11) is 1.43. The molecule has 0 saturated carbocycles. The lowest BCUT2D eigenvalue weighted by Gasteiger charge is -2.06. The minimum Gasteiger partial charge on any atom is -0.507 e. The number of carbonyl (C=O) groups excluding carboxylic acids is 1. The molecule has 2 aromatic rings. The van der Waals surface area contributed by atoms with Crippen LogP contribution in [0.25, 0.3) is 0 Å². The summed E-state index contributed by atoms with van der Waals surface area (Å²) in [4.78, 5) is 12.1. The second-order valence-electron chi connectivity index (χ2n) is 3.69. The fourth-order valence-corrected chi connectivity index (χ4v) is 1.62. The summed E-state index contributed by atoms with van der Waals surface area (Å²) in [6.45, 7) is 0. The second-order valence-corrected chi connectivity index (χ2v) is 3.69. The zero-order valence-corrected chi connectivity index (χ0v) is 9.68. The minimum atomic E-state index is -0.649. The molecule has 0 aromatic heterocycles. The van der Waals surface area contributed by atoms with Gasteiger partial charge in [0.1, 0.15) is 17.3 Å². The van der Waals surface area contributed by atoms with Gasteiger partial charge in [-0.25, -0.2) is 4.39 Å². The van der Waals surface area contributed by atoms with E-state index in [9.17, 15) is 14.3 Å². The average molecular weight is 246 g/mol. The first-order valence-corrected chi connectivity index (χ1v) is 5.29. The van der Waals surface area contributed by atoms with Crippen LogP contribution in [0, 0.1) is 5.82 Å². The molecule has 0 unspecified atom stereocenters. The Hall–Kier alpha value is -2.36. The lowest BCUT2D eigenvalue weighted by atomic mass is 10.0. The Morgan fingerprint density at radius 3 is 2.56 bits per heavy atom. The van der Waals surface area contributed by atoms with Gasteiger partial charge in [-0.15, -0.1) is 0 Å².